The van der Waals surface area contributed by atoms with Crippen molar-refractivity contribution in [3.05, 3.63) is 29.6 Å². The molecule has 8 heteroatoms. The quantitative estimate of drug-likeness (QED) is 0.773. The lowest BCUT2D eigenvalue weighted by atomic mass is 10.3. The number of aromatic nitrogens is 5. The van der Waals surface area contributed by atoms with Gasteiger partial charge in [0.2, 0.25) is 5.95 Å². The molecule has 3 N–H and O–H groups in total. The van der Waals surface area contributed by atoms with Crippen LogP contribution in [0.25, 0.3) is 0 Å². The summed E-state index contributed by atoms with van der Waals surface area (Å²) in [5, 5.41) is 6.40. The molecule has 0 radical (unpaired) electrons. The highest BCUT2D eigenvalue weighted by atomic mass is 16.2. The lowest BCUT2D eigenvalue weighted by Crippen LogP contribution is -2.28. The predicted octanol–water partition coefficient (Wildman–Crippen LogP) is -0.242. The van der Waals surface area contributed by atoms with E-state index in [1.807, 2.05) is 0 Å². The monoisotopic (exact) mass is 247 g/mol. The number of nitrogen functional groups attached to an aromatic ring is 1. The van der Waals surface area contributed by atoms with Gasteiger partial charge in [-0.1, -0.05) is 0 Å². The number of carbonyl (C=O) groups excluding carboxylic acids is 1. The Bertz CT molecular complexity index is 531. The van der Waals surface area contributed by atoms with E-state index in [1.165, 1.54) is 11.2 Å². The molecule has 1 amide bonds. The van der Waals surface area contributed by atoms with Crippen molar-refractivity contribution in [2.24, 2.45) is 0 Å². The molecule has 0 bridgehead atoms. The van der Waals surface area contributed by atoms with E-state index >= 15 is 0 Å². The molecule has 0 aliphatic rings. The highest BCUT2D eigenvalue weighted by molar-refractivity contribution is 5.92. The number of nitrogens with two attached hydrogens (primary N) is 1. The summed E-state index contributed by atoms with van der Waals surface area (Å²) in [6.45, 7) is 2.08. The second-order valence-electron chi connectivity index (χ2n) is 3.85. The Morgan fingerprint density at radius 3 is 2.89 bits per heavy atom. The molecule has 0 unspecified atom stereocenters. The SMILES string of the molecule is Cc1cc(C(=O)N(C)Cc2ncn[nH]2)nc(N)n1. The fraction of sp³-hybridized carbons (Fsp3) is 0.300. The molecule has 0 aliphatic carbocycles. The molecule has 0 saturated carbocycles. The topological polar surface area (TPSA) is 114 Å². The van der Waals surface area contributed by atoms with E-state index in [0.717, 1.165) is 0 Å². The van der Waals surface area contributed by atoms with Gasteiger partial charge in [-0.15, -0.1) is 0 Å². The first-order valence-electron chi connectivity index (χ1n) is 5.27. The Hall–Kier alpha value is -2.51. The van der Waals surface area contributed by atoms with E-state index in [-0.39, 0.29) is 17.5 Å². The van der Waals surface area contributed by atoms with E-state index in [2.05, 4.69) is 25.1 Å². The first kappa shape index (κ1) is 12.0. The fourth-order valence-electron chi connectivity index (χ4n) is 1.50. The number of carbonyl (C=O) groups is 1. The molecule has 0 atom stereocenters. The van der Waals surface area contributed by atoms with Gasteiger partial charge in [0.1, 0.15) is 17.8 Å². The summed E-state index contributed by atoms with van der Waals surface area (Å²) in [6, 6.07) is 1.59. The van der Waals surface area contributed by atoms with E-state index in [4.69, 9.17) is 5.73 Å². The Kier molecular flexibility index (Phi) is 3.18. The summed E-state index contributed by atoms with van der Waals surface area (Å²) < 4.78 is 0. The number of anilines is 1. The molecule has 0 fully saturated rings. The van der Waals surface area contributed by atoms with Crippen LogP contribution in [0, 0.1) is 6.92 Å². The average Bonchev–Trinajstić information content (AvgIpc) is 2.79. The molecule has 0 spiro atoms. The number of amides is 1. The summed E-state index contributed by atoms with van der Waals surface area (Å²) in [6.07, 6.45) is 1.39. The zero-order valence-corrected chi connectivity index (χ0v) is 10.1. The van der Waals surface area contributed by atoms with Crippen LogP contribution in [0.5, 0.6) is 0 Å². The number of hydrogen-bond donors (Lipinski definition) is 2. The van der Waals surface area contributed by atoms with Crippen LogP contribution < -0.4 is 5.73 Å². The van der Waals surface area contributed by atoms with E-state index < -0.39 is 0 Å². The van der Waals surface area contributed by atoms with Crippen LogP contribution in [0.4, 0.5) is 5.95 Å². The molecule has 2 aromatic rings. The first-order valence-corrected chi connectivity index (χ1v) is 5.27. The van der Waals surface area contributed by atoms with Gasteiger partial charge >= 0.3 is 0 Å². The van der Waals surface area contributed by atoms with Gasteiger partial charge in [-0.2, -0.15) is 5.10 Å². The number of hydrogen-bond acceptors (Lipinski definition) is 6. The minimum Gasteiger partial charge on any atom is -0.368 e. The Morgan fingerprint density at radius 1 is 1.50 bits per heavy atom. The van der Waals surface area contributed by atoms with Crippen LogP contribution in [-0.2, 0) is 6.54 Å². The number of aromatic amines is 1. The molecule has 94 valence electrons. The fourth-order valence-corrected chi connectivity index (χ4v) is 1.50. The zero-order chi connectivity index (χ0) is 13.1. The minimum atomic E-state index is -0.247. The van der Waals surface area contributed by atoms with Crippen LogP contribution in [0.1, 0.15) is 22.0 Å². The zero-order valence-electron chi connectivity index (χ0n) is 10.1. The van der Waals surface area contributed by atoms with Crippen molar-refractivity contribution < 1.29 is 4.79 Å². The van der Waals surface area contributed by atoms with Gasteiger partial charge < -0.3 is 10.6 Å². The number of rotatable bonds is 3. The van der Waals surface area contributed by atoms with Gasteiger partial charge in [0, 0.05) is 12.7 Å². The van der Waals surface area contributed by atoms with Gasteiger partial charge in [0.15, 0.2) is 0 Å². The summed E-state index contributed by atoms with van der Waals surface area (Å²) >= 11 is 0. The molecule has 8 nitrogen and oxygen atoms in total. The smallest absolute Gasteiger partial charge is 0.272 e. The van der Waals surface area contributed by atoms with Crippen LogP contribution in [0.3, 0.4) is 0 Å². The molecule has 0 aromatic carbocycles. The summed E-state index contributed by atoms with van der Waals surface area (Å²) in [5.41, 5.74) is 6.43. The molecular formula is C10H13N7O. The van der Waals surface area contributed by atoms with Crippen LogP contribution in [0.2, 0.25) is 0 Å². The van der Waals surface area contributed by atoms with Crippen molar-refractivity contribution in [1.29, 1.82) is 0 Å². The standard InChI is InChI=1S/C10H13N7O/c1-6-3-7(15-10(11)14-6)9(18)17(2)4-8-12-5-13-16-8/h3,5H,4H2,1-2H3,(H2,11,14,15)(H,12,13,16). The number of aryl methyl sites for hydroxylation is 1. The van der Waals surface area contributed by atoms with Crippen molar-refractivity contribution in [2.45, 2.75) is 13.5 Å². The van der Waals surface area contributed by atoms with Crippen LogP contribution in [0.15, 0.2) is 12.4 Å². The van der Waals surface area contributed by atoms with E-state index in [9.17, 15) is 4.79 Å². The highest BCUT2D eigenvalue weighted by Gasteiger charge is 2.15. The van der Waals surface area contributed by atoms with Crippen molar-refractivity contribution in [3.63, 3.8) is 0 Å². The van der Waals surface area contributed by atoms with Crippen molar-refractivity contribution in [1.82, 2.24) is 30.0 Å². The second kappa shape index (κ2) is 4.78. The molecule has 2 rings (SSSR count). The van der Waals surface area contributed by atoms with E-state index in [0.29, 0.717) is 18.1 Å². The third-order valence-electron chi connectivity index (χ3n) is 2.29. The third-order valence-corrected chi connectivity index (χ3v) is 2.29. The average molecular weight is 247 g/mol. The van der Waals surface area contributed by atoms with Gasteiger partial charge in [-0.3, -0.25) is 9.89 Å². The third kappa shape index (κ3) is 2.59. The maximum absolute atomic E-state index is 12.1. The maximum Gasteiger partial charge on any atom is 0.272 e. The Balaban J connectivity index is 2.15. The molecule has 0 aliphatic heterocycles. The lowest BCUT2D eigenvalue weighted by molar-refractivity contribution is 0.0775. The molecule has 18 heavy (non-hydrogen) atoms. The van der Waals surface area contributed by atoms with E-state index in [1.54, 1.807) is 20.0 Å². The minimum absolute atomic E-state index is 0.0893. The number of nitrogens with zero attached hydrogens (tertiary/aromatic N) is 5. The molecular weight excluding hydrogens is 234 g/mol. The molecule has 2 aromatic heterocycles. The second-order valence-corrected chi connectivity index (χ2v) is 3.85. The number of H-pyrrole nitrogens is 1. The summed E-state index contributed by atoms with van der Waals surface area (Å²) in [4.78, 5) is 25.3. The van der Waals surface area contributed by atoms with Crippen LogP contribution in [-0.4, -0.2) is 43.0 Å². The van der Waals surface area contributed by atoms with Gasteiger partial charge in [-0.25, -0.2) is 15.0 Å². The lowest BCUT2D eigenvalue weighted by Gasteiger charge is -2.15. The van der Waals surface area contributed by atoms with Crippen molar-refractivity contribution in [2.75, 3.05) is 12.8 Å². The first-order chi connectivity index (χ1) is 8.56. The largest absolute Gasteiger partial charge is 0.368 e. The molecule has 0 saturated heterocycles. The van der Waals surface area contributed by atoms with Gasteiger partial charge in [-0.05, 0) is 13.0 Å². The van der Waals surface area contributed by atoms with Crippen molar-refractivity contribution in [3.8, 4) is 0 Å². The Labute approximate surface area is 103 Å². The molecule has 2 heterocycles. The highest BCUT2D eigenvalue weighted by Crippen LogP contribution is 2.06. The number of nitrogens with one attached hydrogen (secondary N) is 1. The van der Waals surface area contributed by atoms with Crippen molar-refractivity contribution >= 4 is 11.9 Å². The normalized spacial score (nSPS) is 10.3. The van der Waals surface area contributed by atoms with Crippen LogP contribution >= 0.6 is 0 Å². The summed E-state index contributed by atoms with van der Waals surface area (Å²) in [5.74, 6) is 0.444. The van der Waals surface area contributed by atoms with Gasteiger partial charge in [0.05, 0.1) is 6.54 Å². The summed E-state index contributed by atoms with van der Waals surface area (Å²) in [7, 11) is 1.65. The Morgan fingerprint density at radius 2 is 2.28 bits per heavy atom. The maximum atomic E-state index is 12.1. The van der Waals surface area contributed by atoms with Gasteiger partial charge in [0.25, 0.3) is 5.91 Å². The predicted molar refractivity (Wildman–Crippen MR) is 63.4 cm³/mol.